The van der Waals surface area contributed by atoms with E-state index in [0.717, 1.165) is 17.6 Å². The van der Waals surface area contributed by atoms with Gasteiger partial charge in [-0.3, -0.25) is 4.79 Å². The van der Waals surface area contributed by atoms with Crippen LogP contribution in [-0.2, 0) is 11.3 Å². The summed E-state index contributed by atoms with van der Waals surface area (Å²) in [6.45, 7) is 11.7. The van der Waals surface area contributed by atoms with Gasteiger partial charge in [0.25, 0.3) is 0 Å². The molecule has 1 atom stereocenters. The maximum absolute atomic E-state index is 12.6. The van der Waals surface area contributed by atoms with Crippen LogP contribution in [0.15, 0.2) is 103 Å². The van der Waals surface area contributed by atoms with Crippen molar-refractivity contribution in [3.63, 3.8) is 0 Å². The predicted octanol–water partition coefficient (Wildman–Crippen LogP) is 11.4. The number of aryl methyl sites for hydroxylation is 1. The Morgan fingerprint density at radius 3 is 2.15 bits per heavy atom. The van der Waals surface area contributed by atoms with Crippen LogP contribution in [0.1, 0.15) is 107 Å². The monoisotopic (exact) mass is 634 g/mol. The Kier molecular flexibility index (Phi) is 17.2. The quantitative estimate of drug-likeness (QED) is 0.137. The molecular formula is C40H53F3N2O. The fraction of sp³-hybridized carbons (Fsp3) is 0.425. The number of alkyl halides is 3. The Labute approximate surface area is 275 Å². The fourth-order valence-corrected chi connectivity index (χ4v) is 5.06. The predicted molar refractivity (Wildman–Crippen MR) is 188 cm³/mol. The van der Waals surface area contributed by atoms with Crippen molar-refractivity contribution in [2.45, 2.75) is 104 Å². The maximum Gasteiger partial charge on any atom is 0.415 e. The molecule has 1 fully saturated rings. The number of ketones is 1. The van der Waals surface area contributed by atoms with Crippen LogP contribution in [0.3, 0.4) is 0 Å². The van der Waals surface area contributed by atoms with Crippen LogP contribution < -0.4 is 11.1 Å². The third-order valence-electron chi connectivity index (χ3n) is 7.79. The Morgan fingerprint density at radius 1 is 0.935 bits per heavy atom. The van der Waals surface area contributed by atoms with Crippen molar-refractivity contribution in [1.29, 1.82) is 0 Å². The van der Waals surface area contributed by atoms with Gasteiger partial charge in [-0.15, -0.1) is 0 Å². The molecule has 3 N–H and O–H groups in total. The van der Waals surface area contributed by atoms with Gasteiger partial charge < -0.3 is 11.1 Å². The summed E-state index contributed by atoms with van der Waals surface area (Å²) in [7, 11) is 0. The van der Waals surface area contributed by atoms with Gasteiger partial charge in [0.1, 0.15) is 0 Å². The molecular weight excluding hydrogens is 581 g/mol. The third-order valence-corrected chi connectivity index (χ3v) is 7.79. The summed E-state index contributed by atoms with van der Waals surface area (Å²) in [6, 6.07) is 26.7. The number of allylic oxidation sites excluding steroid dienone is 3. The van der Waals surface area contributed by atoms with E-state index in [0.29, 0.717) is 24.6 Å². The van der Waals surface area contributed by atoms with Gasteiger partial charge >= 0.3 is 6.18 Å². The number of Topliss-reactive ketones (excluding diaryl/α,β-unsaturated/α-hetero) is 1. The van der Waals surface area contributed by atoms with Crippen LogP contribution in [0.4, 0.5) is 18.9 Å². The molecule has 0 bridgehead atoms. The van der Waals surface area contributed by atoms with Crippen molar-refractivity contribution < 1.29 is 18.0 Å². The van der Waals surface area contributed by atoms with E-state index in [-0.39, 0.29) is 12.1 Å². The molecule has 6 heteroatoms. The smallest absolute Gasteiger partial charge is 0.353 e. The molecule has 1 saturated carbocycles. The summed E-state index contributed by atoms with van der Waals surface area (Å²) in [5, 5.41) is 2.74. The molecule has 3 aromatic carbocycles. The average Bonchev–Trinajstić information content (AvgIpc) is 3.86. The van der Waals surface area contributed by atoms with Crippen LogP contribution in [-0.4, -0.2) is 12.0 Å². The normalized spacial score (nSPS) is 13.4. The minimum absolute atomic E-state index is 0.127. The topological polar surface area (TPSA) is 55.1 Å². The first kappa shape index (κ1) is 38.5. The van der Waals surface area contributed by atoms with E-state index in [9.17, 15) is 18.0 Å². The summed E-state index contributed by atoms with van der Waals surface area (Å²) in [5.74, 6) is 1.30. The van der Waals surface area contributed by atoms with Gasteiger partial charge in [0, 0.05) is 24.6 Å². The lowest BCUT2D eigenvalue weighted by atomic mass is 9.86. The first-order valence-corrected chi connectivity index (χ1v) is 16.7. The van der Waals surface area contributed by atoms with Gasteiger partial charge in [-0.2, -0.15) is 13.2 Å². The van der Waals surface area contributed by atoms with Gasteiger partial charge in [0.15, 0.2) is 5.78 Å². The zero-order valence-corrected chi connectivity index (χ0v) is 28.1. The second-order valence-electron chi connectivity index (χ2n) is 12.0. The van der Waals surface area contributed by atoms with Crippen molar-refractivity contribution in [2.24, 2.45) is 11.7 Å². The summed E-state index contributed by atoms with van der Waals surface area (Å²) in [4.78, 5) is 12.0. The fourth-order valence-electron chi connectivity index (χ4n) is 5.06. The Balaban J connectivity index is 0.000000273. The van der Waals surface area contributed by atoms with Crippen LogP contribution in [0, 0.1) is 12.8 Å². The first-order valence-electron chi connectivity index (χ1n) is 16.7. The Morgan fingerprint density at radius 2 is 1.61 bits per heavy atom. The van der Waals surface area contributed by atoms with Gasteiger partial charge in [-0.1, -0.05) is 138 Å². The van der Waals surface area contributed by atoms with Gasteiger partial charge in [0.2, 0.25) is 0 Å². The third kappa shape index (κ3) is 14.6. The highest BCUT2D eigenvalue weighted by atomic mass is 19.4. The molecule has 0 radical (unpaired) electrons. The zero-order chi connectivity index (χ0) is 34.0. The van der Waals surface area contributed by atoms with Crippen molar-refractivity contribution in [2.75, 3.05) is 5.32 Å². The molecule has 0 aliphatic heterocycles. The number of benzene rings is 3. The maximum atomic E-state index is 12.6. The molecule has 0 aromatic heterocycles. The van der Waals surface area contributed by atoms with E-state index < -0.39 is 17.5 Å². The molecule has 250 valence electrons. The highest BCUT2D eigenvalue weighted by Crippen LogP contribution is 2.33. The second-order valence-corrected chi connectivity index (χ2v) is 12.0. The highest BCUT2D eigenvalue weighted by molar-refractivity contribution is 5.98. The van der Waals surface area contributed by atoms with E-state index in [1.54, 1.807) is 31.2 Å². The zero-order valence-electron chi connectivity index (χ0n) is 28.1. The summed E-state index contributed by atoms with van der Waals surface area (Å²) >= 11 is 0. The number of halogens is 3. The number of hydrogen-bond acceptors (Lipinski definition) is 3. The summed E-state index contributed by atoms with van der Waals surface area (Å²) < 4.78 is 37.8. The molecule has 0 heterocycles. The Bertz CT molecular complexity index is 1360. The molecule has 0 spiro atoms. The molecule has 1 aliphatic rings. The van der Waals surface area contributed by atoms with E-state index in [4.69, 9.17) is 5.73 Å². The number of nitrogens with one attached hydrogen (secondary N) is 1. The highest BCUT2D eigenvalue weighted by Gasteiger charge is 2.31. The summed E-state index contributed by atoms with van der Waals surface area (Å²) in [5.41, 5.74) is 9.88. The lowest BCUT2D eigenvalue weighted by Crippen LogP contribution is -2.15. The van der Waals surface area contributed by atoms with Gasteiger partial charge in [-0.25, -0.2) is 0 Å². The molecule has 3 nitrogen and oxygen atoms in total. The largest absolute Gasteiger partial charge is 0.415 e. The lowest BCUT2D eigenvalue weighted by Gasteiger charge is -2.18. The number of nitrogens with two attached hydrogens (primary N) is 1. The molecule has 46 heavy (non-hydrogen) atoms. The van der Waals surface area contributed by atoms with Crippen molar-refractivity contribution >= 4 is 11.5 Å². The van der Waals surface area contributed by atoms with Crippen LogP contribution >= 0.6 is 0 Å². The average molecular weight is 635 g/mol. The van der Waals surface area contributed by atoms with Gasteiger partial charge in [-0.05, 0) is 60.6 Å². The number of anilines is 1. The molecule has 0 amide bonds. The minimum atomic E-state index is -4.57. The van der Waals surface area contributed by atoms with E-state index in [1.807, 2.05) is 0 Å². The standard InChI is InChI=1S/C18H22.C16H19F3N2O.C6H12/c1-3-4-13-18(16-10-6-5-7-11-16)17-12-8-9-15(2)14-17;1-3-5-15(22)14(8-11(2)16(17,18)19)21-13-7-4-6-12(9-13)10-20;1-2-3-6-4-5-6/h5-12,14,18H,3-4,13H2,1-2H3;4,6-9,21H,2-3,5,10,20H2,1H3;6H,2-5H2,1H3/b;14-8-;. The van der Waals surface area contributed by atoms with E-state index in [2.05, 4.69) is 87.3 Å². The van der Waals surface area contributed by atoms with Crippen LogP contribution in [0.5, 0.6) is 0 Å². The Hall–Kier alpha value is -3.64. The molecule has 1 aliphatic carbocycles. The van der Waals surface area contributed by atoms with Crippen molar-refractivity contribution in [3.8, 4) is 0 Å². The van der Waals surface area contributed by atoms with Gasteiger partial charge in [0.05, 0.1) is 11.3 Å². The number of rotatable bonds is 14. The van der Waals surface area contributed by atoms with Crippen LogP contribution in [0.25, 0.3) is 0 Å². The first-order chi connectivity index (χ1) is 22.0. The second kappa shape index (κ2) is 20.5. The summed E-state index contributed by atoms with van der Waals surface area (Å²) in [6.07, 6.45) is 6.57. The molecule has 0 saturated heterocycles. The lowest BCUT2D eigenvalue weighted by molar-refractivity contribution is -0.115. The number of unbranched alkanes of at least 4 members (excludes halogenated alkanes) is 1. The number of hydrogen-bond donors (Lipinski definition) is 2. The van der Waals surface area contributed by atoms with E-state index in [1.165, 1.54) is 61.6 Å². The van der Waals surface area contributed by atoms with Crippen molar-refractivity contribution in [1.82, 2.24) is 0 Å². The van der Waals surface area contributed by atoms with Crippen LogP contribution in [0.2, 0.25) is 0 Å². The molecule has 3 aromatic rings. The molecule has 4 rings (SSSR count). The SMILES string of the molecule is C=C(/C=C(\Nc1cccc(CN)c1)C(=O)CCC)C(F)(F)F.CCCC1CC1.CCCCC(c1ccccc1)c1cccc(C)c1. The minimum Gasteiger partial charge on any atom is -0.353 e. The van der Waals surface area contributed by atoms with E-state index >= 15 is 0 Å². The number of carbonyl (C=O) groups excluding carboxylic acids is 1. The van der Waals surface area contributed by atoms with Crippen molar-refractivity contribution in [3.05, 3.63) is 125 Å². The number of carbonyl (C=O) groups is 1. The molecule has 1 unspecified atom stereocenters.